The molecule has 1 heterocycles. The van der Waals surface area contributed by atoms with E-state index in [4.69, 9.17) is 4.74 Å². The number of hydrogen-bond acceptors (Lipinski definition) is 3. The lowest BCUT2D eigenvalue weighted by atomic mass is 10.1. The highest BCUT2D eigenvalue weighted by Crippen LogP contribution is 2.33. The van der Waals surface area contributed by atoms with Crippen LogP contribution in [-0.4, -0.2) is 33.8 Å². The highest BCUT2D eigenvalue weighted by Gasteiger charge is 2.29. The summed E-state index contributed by atoms with van der Waals surface area (Å²) in [5.41, 5.74) is 0.944. The third-order valence-corrected chi connectivity index (χ3v) is 4.02. The Morgan fingerprint density at radius 1 is 1.45 bits per heavy atom. The van der Waals surface area contributed by atoms with Crippen molar-refractivity contribution >= 4 is 17.0 Å². The Balaban J connectivity index is 2.17. The molecule has 6 heteroatoms. The molecule has 20 heavy (non-hydrogen) atoms. The molecular weight excluding hydrogens is 260 g/mol. The number of carboxylic acid groups (broad SMARTS) is 1. The summed E-state index contributed by atoms with van der Waals surface area (Å²) < 4.78 is 6.91. The van der Waals surface area contributed by atoms with Gasteiger partial charge in [0, 0.05) is 13.2 Å². The van der Waals surface area contributed by atoms with Crippen molar-refractivity contribution in [3.63, 3.8) is 0 Å². The monoisotopic (exact) mass is 276 g/mol. The number of nitrogens with zero attached hydrogens (tertiary/aromatic N) is 1. The number of carboxylic acids is 1. The van der Waals surface area contributed by atoms with Gasteiger partial charge in [0.25, 0.3) is 0 Å². The summed E-state index contributed by atoms with van der Waals surface area (Å²) in [5, 5.41) is 9.30. The lowest BCUT2D eigenvalue weighted by Crippen LogP contribution is -2.22. The molecule has 0 radical (unpaired) electrons. The number of carbonyl (C=O) groups is 1. The van der Waals surface area contributed by atoms with Gasteiger partial charge in [-0.3, -0.25) is 4.57 Å². The molecule has 1 aromatic carbocycles. The number of aromatic nitrogens is 2. The van der Waals surface area contributed by atoms with Gasteiger partial charge in [0.2, 0.25) is 0 Å². The van der Waals surface area contributed by atoms with Gasteiger partial charge in [0.15, 0.2) is 0 Å². The fraction of sp³-hybridized carbons (Fsp3) is 0.429. The van der Waals surface area contributed by atoms with Crippen LogP contribution in [0.4, 0.5) is 0 Å². The summed E-state index contributed by atoms with van der Waals surface area (Å²) in [4.78, 5) is 26.3. The molecule has 2 unspecified atom stereocenters. The number of ether oxygens (including phenoxy) is 1. The maximum Gasteiger partial charge on any atom is 0.337 e. The van der Waals surface area contributed by atoms with E-state index in [1.807, 2.05) is 0 Å². The molecule has 0 saturated heterocycles. The number of H-pyrrole nitrogens is 1. The maximum absolute atomic E-state index is 12.2. The zero-order valence-corrected chi connectivity index (χ0v) is 11.1. The van der Waals surface area contributed by atoms with Crippen molar-refractivity contribution in [2.45, 2.75) is 31.4 Å². The second-order valence-corrected chi connectivity index (χ2v) is 5.13. The summed E-state index contributed by atoms with van der Waals surface area (Å²) in [5.74, 6) is -1.02. The number of benzene rings is 1. The Morgan fingerprint density at radius 3 is 2.90 bits per heavy atom. The molecule has 3 rings (SSSR count). The Morgan fingerprint density at radius 2 is 2.25 bits per heavy atom. The molecule has 106 valence electrons. The van der Waals surface area contributed by atoms with Crippen LogP contribution >= 0.6 is 0 Å². The molecule has 0 aliphatic heterocycles. The second-order valence-electron chi connectivity index (χ2n) is 5.13. The minimum atomic E-state index is -1.02. The topological polar surface area (TPSA) is 84.3 Å². The number of fused-ring (bicyclic) bond motifs is 1. The van der Waals surface area contributed by atoms with E-state index in [1.165, 1.54) is 6.07 Å². The van der Waals surface area contributed by atoms with Crippen molar-refractivity contribution in [1.82, 2.24) is 9.55 Å². The molecule has 0 bridgehead atoms. The molecule has 2 atom stereocenters. The van der Waals surface area contributed by atoms with Crippen molar-refractivity contribution in [2.75, 3.05) is 7.11 Å². The van der Waals surface area contributed by atoms with E-state index in [0.29, 0.717) is 11.0 Å². The zero-order chi connectivity index (χ0) is 14.3. The number of methoxy groups -OCH3 is 1. The lowest BCUT2D eigenvalue weighted by molar-refractivity contribution is 0.0698. The van der Waals surface area contributed by atoms with Gasteiger partial charge in [0.05, 0.1) is 22.7 Å². The van der Waals surface area contributed by atoms with Crippen LogP contribution in [0.15, 0.2) is 23.0 Å². The van der Waals surface area contributed by atoms with Gasteiger partial charge in [-0.25, -0.2) is 9.59 Å². The standard InChI is InChI=1S/C14H16N2O4/c1-20-9-6-5-8(7-9)16-12-10(13(17)18)3-2-4-11(12)15-14(16)19/h2-4,8-9H,5-7H2,1H3,(H,15,19)(H,17,18). The summed E-state index contributed by atoms with van der Waals surface area (Å²) in [6, 6.07) is 4.87. The number of para-hydroxylation sites is 1. The van der Waals surface area contributed by atoms with Crippen molar-refractivity contribution < 1.29 is 14.6 Å². The highest BCUT2D eigenvalue weighted by molar-refractivity contribution is 6.01. The number of hydrogen-bond donors (Lipinski definition) is 2. The van der Waals surface area contributed by atoms with Crippen LogP contribution in [0.25, 0.3) is 11.0 Å². The van der Waals surface area contributed by atoms with Crippen LogP contribution in [-0.2, 0) is 4.74 Å². The van der Waals surface area contributed by atoms with E-state index in [9.17, 15) is 14.7 Å². The third kappa shape index (κ3) is 1.92. The van der Waals surface area contributed by atoms with E-state index in [2.05, 4.69) is 4.98 Å². The predicted octanol–water partition coefficient (Wildman–Crippen LogP) is 1.77. The van der Waals surface area contributed by atoms with Gasteiger partial charge >= 0.3 is 11.7 Å². The van der Waals surface area contributed by atoms with Crippen LogP contribution in [0.3, 0.4) is 0 Å². The smallest absolute Gasteiger partial charge is 0.337 e. The molecular formula is C14H16N2O4. The lowest BCUT2D eigenvalue weighted by Gasteiger charge is -2.13. The first-order valence-corrected chi connectivity index (χ1v) is 6.61. The molecule has 1 aliphatic carbocycles. The largest absolute Gasteiger partial charge is 0.478 e. The molecule has 2 aromatic rings. The van der Waals surface area contributed by atoms with Crippen molar-refractivity contribution in [2.24, 2.45) is 0 Å². The molecule has 1 saturated carbocycles. The molecule has 0 amide bonds. The summed E-state index contributed by atoms with van der Waals surface area (Å²) in [7, 11) is 1.66. The Bertz CT molecular complexity index is 716. The van der Waals surface area contributed by atoms with Crippen molar-refractivity contribution in [3.05, 3.63) is 34.2 Å². The van der Waals surface area contributed by atoms with Crippen molar-refractivity contribution in [1.29, 1.82) is 0 Å². The molecule has 6 nitrogen and oxygen atoms in total. The SMILES string of the molecule is COC1CCC(n2c(=O)[nH]c3cccc(C(=O)O)c32)C1. The van der Waals surface area contributed by atoms with Crippen LogP contribution in [0, 0.1) is 0 Å². The summed E-state index contributed by atoms with van der Waals surface area (Å²) >= 11 is 0. The first-order chi connectivity index (χ1) is 9.61. The van der Waals surface area contributed by atoms with E-state index < -0.39 is 5.97 Å². The minimum absolute atomic E-state index is 0.0123. The van der Waals surface area contributed by atoms with E-state index >= 15 is 0 Å². The van der Waals surface area contributed by atoms with Gasteiger partial charge in [-0.05, 0) is 31.4 Å². The normalized spacial score (nSPS) is 22.4. The summed E-state index contributed by atoms with van der Waals surface area (Å²) in [6.45, 7) is 0. The molecule has 1 aromatic heterocycles. The highest BCUT2D eigenvalue weighted by atomic mass is 16.5. The van der Waals surface area contributed by atoms with Crippen LogP contribution in [0.2, 0.25) is 0 Å². The van der Waals surface area contributed by atoms with Gasteiger partial charge in [0.1, 0.15) is 0 Å². The Labute approximate surface area is 115 Å². The fourth-order valence-corrected chi connectivity index (χ4v) is 3.07. The number of aromatic carboxylic acids is 1. The average Bonchev–Trinajstić information content (AvgIpc) is 3.00. The minimum Gasteiger partial charge on any atom is -0.478 e. The molecule has 1 fully saturated rings. The first kappa shape index (κ1) is 12.9. The second kappa shape index (κ2) is 4.79. The van der Waals surface area contributed by atoms with E-state index in [-0.39, 0.29) is 23.4 Å². The maximum atomic E-state index is 12.2. The van der Waals surface area contributed by atoms with Gasteiger partial charge in [-0.2, -0.15) is 0 Å². The number of rotatable bonds is 3. The fourth-order valence-electron chi connectivity index (χ4n) is 3.07. The average molecular weight is 276 g/mol. The van der Waals surface area contributed by atoms with Gasteiger partial charge in [-0.1, -0.05) is 6.07 Å². The summed E-state index contributed by atoms with van der Waals surface area (Å²) in [6.07, 6.45) is 2.57. The molecule has 0 spiro atoms. The van der Waals surface area contributed by atoms with Crippen molar-refractivity contribution in [3.8, 4) is 0 Å². The molecule has 2 N–H and O–H groups in total. The van der Waals surface area contributed by atoms with Crippen LogP contribution < -0.4 is 5.69 Å². The van der Waals surface area contributed by atoms with Gasteiger partial charge in [-0.15, -0.1) is 0 Å². The third-order valence-electron chi connectivity index (χ3n) is 4.02. The van der Waals surface area contributed by atoms with E-state index in [0.717, 1.165) is 19.3 Å². The van der Waals surface area contributed by atoms with Crippen LogP contribution in [0.1, 0.15) is 35.7 Å². The van der Waals surface area contributed by atoms with Gasteiger partial charge < -0.3 is 14.8 Å². The quantitative estimate of drug-likeness (QED) is 0.894. The van der Waals surface area contributed by atoms with Crippen LogP contribution in [0.5, 0.6) is 0 Å². The number of aromatic amines is 1. The zero-order valence-electron chi connectivity index (χ0n) is 11.1. The Hall–Kier alpha value is -2.08. The predicted molar refractivity (Wildman–Crippen MR) is 73.2 cm³/mol. The number of nitrogens with one attached hydrogen (secondary N) is 1. The van der Waals surface area contributed by atoms with E-state index in [1.54, 1.807) is 23.8 Å². The first-order valence-electron chi connectivity index (χ1n) is 6.61. The number of imidazole rings is 1. The Kier molecular flexibility index (Phi) is 3.10. The molecule has 1 aliphatic rings.